The van der Waals surface area contributed by atoms with E-state index in [2.05, 4.69) is 36.5 Å². The fourth-order valence-electron chi connectivity index (χ4n) is 3.53. The minimum absolute atomic E-state index is 0.148. The second kappa shape index (κ2) is 16.2. The number of esters is 1. The highest BCUT2D eigenvalue weighted by atomic mass is 16.5. The molecule has 3 nitrogen and oxygen atoms in total. The molecule has 1 aromatic carbocycles. The predicted octanol–water partition coefficient (Wildman–Crippen LogP) is 8.36. The van der Waals surface area contributed by atoms with Crippen LogP contribution in [0.1, 0.15) is 89.5 Å². The number of rotatable bonds is 15. The molecule has 0 amide bonds. The molecule has 3 heteroatoms. The average Bonchev–Trinajstić information content (AvgIpc) is 3.03. The summed E-state index contributed by atoms with van der Waals surface area (Å²) in [5.41, 5.74) is 1.87. The lowest BCUT2D eigenvalue weighted by Crippen LogP contribution is -2.09. The quantitative estimate of drug-likeness (QED) is 0.134. The Morgan fingerprint density at radius 3 is 2.45 bits per heavy atom. The van der Waals surface area contributed by atoms with Crippen LogP contribution in [0.2, 0.25) is 0 Å². The van der Waals surface area contributed by atoms with Crippen molar-refractivity contribution in [2.45, 2.75) is 84.0 Å². The number of carbonyl (C=O) groups is 1. The molecule has 0 spiro atoms. The molecule has 1 aliphatic rings. The summed E-state index contributed by atoms with van der Waals surface area (Å²) >= 11 is 0. The molecule has 0 atom stereocenters. The lowest BCUT2D eigenvalue weighted by Gasteiger charge is -2.11. The Balaban J connectivity index is 1.49. The topological polar surface area (TPSA) is 38.3 Å². The van der Waals surface area contributed by atoms with Gasteiger partial charge in [-0.3, -0.25) is 4.79 Å². The molecule has 168 valence electrons. The summed E-state index contributed by atoms with van der Waals surface area (Å²) in [6, 6.07) is 5.73. The Kier molecular flexibility index (Phi) is 12.9. The highest BCUT2D eigenvalue weighted by molar-refractivity contribution is 5.79. The van der Waals surface area contributed by atoms with Crippen molar-refractivity contribution in [1.29, 1.82) is 0 Å². The van der Waals surface area contributed by atoms with Crippen molar-refractivity contribution in [2.75, 3.05) is 5.32 Å². The van der Waals surface area contributed by atoms with E-state index in [1.165, 1.54) is 44.9 Å². The number of carbonyl (C=O) groups excluding carboxylic acids is 1. The monoisotopic (exact) mass is 421 g/mol. The number of fused-ring (bicyclic) bond motifs is 1. The van der Waals surface area contributed by atoms with Crippen LogP contribution in [0.3, 0.4) is 0 Å². The second-order valence-electron chi connectivity index (χ2n) is 8.03. The van der Waals surface area contributed by atoms with Crippen molar-refractivity contribution < 1.29 is 9.53 Å². The molecule has 1 N–H and O–H groups in total. The summed E-state index contributed by atoms with van der Waals surface area (Å²) in [5, 5.41) is 3.20. The van der Waals surface area contributed by atoms with Gasteiger partial charge in [-0.1, -0.05) is 75.5 Å². The van der Waals surface area contributed by atoms with Gasteiger partial charge in [-0.2, -0.15) is 0 Å². The van der Waals surface area contributed by atoms with Crippen molar-refractivity contribution in [3.05, 3.63) is 66.4 Å². The minimum Gasteiger partial charge on any atom is -0.426 e. The molecule has 0 saturated carbocycles. The zero-order chi connectivity index (χ0) is 22.0. The first-order chi connectivity index (χ1) is 15.3. The summed E-state index contributed by atoms with van der Waals surface area (Å²) in [5.74, 6) is 0.474. The smallest absolute Gasteiger partial charge is 0.311 e. The molecule has 1 aromatic rings. The zero-order valence-corrected chi connectivity index (χ0v) is 19.2. The van der Waals surface area contributed by atoms with Crippen molar-refractivity contribution in [2.24, 2.45) is 0 Å². The van der Waals surface area contributed by atoms with Gasteiger partial charge in [0.1, 0.15) is 5.75 Å². The molecule has 0 saturated heterocycles. The summed E-state index contributed by atoms with van der Waals surface area (Å²) in [6.45, 7) is 2.24. The molecular formula is C28H39NO2. The first kappa shape index (κ1) is 24.7. The maximum absolute atomic E-state index is 12.2. The Morgan fingerprint density at radius 1 is 0.903 bits per heavy atom. The van der Waals surface area contributed by atoms with E-state index in [9.17, 15) is 4.79 Å². The van der Waals surface area contributed by atoms with E-state index in [1.54, 1.807) is 0 Å². The van der Waals surface area contributed by atoms with E-state index in [1.807, 2.05) is 42.6 Å². The predicted molar refractivity (Wildman–Crippen MR) is 133 cm³/mol. The van der Waals surface area contributed by atoms with Gasteiger partial charge >= 0.3 is 5.97 Å². The van der Waals surface area contributed by atoms with Crippen molar-refractivity contribution >= 4 is 17.7 Å². The number of unbranched alkanes of at least 4 members (excludes halogenated alkanes) is 8. The number of allylic oxidation sites excluding steroid dienone is 6. The number of ether oxygens (including phenoxy) is 1. The van der Waals surface area contributed by atoms with Crippen molar-refractivity contribution in [3.63, 3.8) is 0 Å². The van der Waals surface area contributed by atoms with Crippen molar-refractivity contribution in [3.8, 4) is 5.75 Å². The molecule has 1 aliphatic heterocycles. The van der Waals surface area contributed by atoms with E-state index < -0.39 is 0 Å². The van der Waals surface area contributed by atoms with Gasteiger partial charge in [0.2, 0.25) is 0 Å². The largest absolute Gasteiger partial charge is 0.426 e. The highest BCUT2D eigenvalue weighted by Crippen LogP contribution is 2.29. The van der Waals surface area contributed by atoms with Crippen LogP contribution in [0.25, 0.3) is 6.08 Å². The van der Waals surface area contributed by atoms with Crippen LogP contribution in [0, 0.1) is 0 Å². The van der Waals surface area contributed by atoms with E-state index in [0.29, 0.717) is 12.2 Å². The number of hydrogen-bond acceptors (Lipinski definition) is 3. The Bertz CT molecular complexity index is 758. The van der Waals surface area contributed by atoms with Gasteiger partial charge in [-0.05, 0) is 62.8 Å². The third-order valence-corrected chi connectivity index (χ3v) is 5.33. The van der Waals surface area contributed by atoms with Gasteiger partial charge in [0.05, 0.1) is 0 Å². The number of anilines is 1. The Morgan fingerprint density at radius 2 is 1.65 bits per heavy atom. The van der Waals surface area contributed by atoms with Gasteiger partial charge in [0.15, 0.2) is 0 Å². The number of hydrogen-bond donors (Lipinski definition) is 1. The van der Waals surface area contributed by atoms with Crippen LogP contribution < -0.4 is 10.1 Å². The molecule has 0 bridgehead atoms. The first-order valence-electron chi connectivity index (χ1n) is 12.0. The Labute approximate surface area is 189 Å². The van der Waals surface area contributed by atoms with Crippen LogP contribution >= 0.6 is 0 Å². The van der Waals surface area contributed by atoms with Crippen LogP contribution in [0.4, 0.5) is 5.69 Å². The fourth-order valence-corrected chi connectivity index (χ4v) is 3.53. The molecule has 0 radical (unpaired) electrons. The number of nitrogens with one attached hydrogen (secondary N) is 1. The molecular weight excluding hydrogens is 382 g/mol. The molecule has 0 unspecified atom stereocenters. The van der Waals surface area contributed by atoms with Gasteiger partial charge < -0.3 is 10.1 Å². The second-order valence-corrected chi connectivity index (χ2v) is 8.03. The zero-order valence-electron chi connectivity index (χ0n) is 19.2. The van der Waals surface area contributed by atoms with Gasteiger partial charge in [0, 0.05) is 23.9 Å². The highest BCUT2D eigenvalue weighted by Gasteiger charge is 2.11. The lowest BCUT2D eigenvalue weighted by atomic mass is 10.1. The molecule has 2 rings (SSSR count). The van der Waals surface area contributed by atoms with E-state index in [-0.39, 0.29) is 5.97 Å². The van der Waals surface area contributed by atoms with Crippen LogP contribution in [-0.4, -0.2) is 5.97 Å². The van der Waals surface area contributed by atoms with Crippen molar-refractivity contribution in [1.82, 2.24) is 0 Å². The van der Waals surface area contributed by atoms with Gasteiger partial charge in [-0.15, -0.1) is 0 Å². The van der Waals surface area contributed by atoms with Gasteiger partial charge in [0.25, 0.3) is 0 Å². The third-order valence-electron chi connectivity index (χ3n) is 5.33. The standard InChI is InChI=1S/C28H39NO2/c1-2-3-4-5-6-7-8-9-10-11-12-13-14-15-16-23-28(30)31-27-22-19-21-26-25(27)20-17-18-24-29-26/h6-7,9-10,17-22,24,29H,2-5,8,11-16,23H2,1H3/b7-6-,10-9-. The first-order valence-corrected chi connectivity index (χ1v) is 12.0. The lowest BCUT2D eigenvalue weighted by molar-refractivity contribution is -0.134. The van der Waals surface area contributed by atoms with E-state index >= 15 is 0 Å². The average molecular weight is 422 g/mol. The Hall–Kier alpha value is -2.55. The summed E-state index contributed by atoms with van der Waals surface area (Å²) < 4.78 is 5.61. The van der Waals surface area contributed by atoms with E-state index in [4.69, 9.17) is 4.74 Å². The summed E-state index contributed by atoms with van der Waals surface area (Å²) in [4.78, 5) is 12.2. The summed E-state index contributed by atoms with van der Waals surface area (Å²) in [6.07, 6.45) is 30.3. The molecule has 31 heavy (non-hydrogen) atoms. The van der Waals surface area contributed by atoms with E-state index in [0.717, 1.165) is 36.9 Å². The molecule has 0 aromatic heterocycles. The maximum Gasteiger partial charge on any atom is 0.311 e. The minimum atomic E-state index is -0.148. The third kappa shape index (κ3) is 10.9. The van der Waals surface area contributed by atoms with Crippen LogP contribution in [0.5, 0.6) is 5.75 Å². The molecule has 0 fully saturated rings. The molecule has 0 aliphatic carbocycles. The number of benzene rings is 1. The summed E-state index contributed by atoms with van der Waals surface area (Å²) in [7, 11) is 0. The van der Waals surface area contributed by atoms with Crippen LogP contribution in [0.15, 0.2) is 60.9 Å². The molecule has 1 heterocycles. The van der Waals surface area contributed by atoms with Crippen LogP contribution in [-0.2, 0) is 4.79 Å². The van der Waals surface area contributed by atoms with Gasteiger partial charge in [-0.25, -0.2) is 0 Å². The SMILES string of the molecule is CCCCC/C=C\C/C=C\CCCCCCCC(=O)Oc1cccc2c1C=CC=CN2. The maximum atomic E-state index is 12.2. The fraction of sp³-hybridized carbons (Fsp3) is 0.464. The normalized spacial score (nSPS) is 12.8.